The molecular weight excluding hydrogens is 214 g/mol. The average Bonchev–Trinajstić information content (AvgIpc) is 2.75. The first kappa shape index (κ1) is 11.9. The Hall–Kier alpha value is -1.58. The van der Waals surface area contributed by atoms with Crippen molar-refractivity contribution in [2.45, 2.75) is 26.7 Å². The van der Waals surface area contributed by atoms with Crippen LogP contribution in [0.15, 0.2) is 12.1 Å². The van der Waals surface area contributed by atoms with Crippen molar-refractivity contribution in [2.24, 2.45) is 5.92 Å². The lowest BCUT2D eigenvalue weighted by molar-refractivity contribution is 0.0786. The van der Waals surface area contributed by atoms with Gasteiger partial charge >= 0.3 is 0 Å². The molecule has 0 aliphatic carbocycles. The zero-order chi connectivity index (χ0) is 12.4. The molecule has 2 heterocycles. The number of likely N-dealkylation sites (tertiary alicyclic amines) is 1. The van der Waals surface area contributed by atoms with Gasteiger partial charge < -0.3 is 10.6 Å². The fourth-order valence-electron chi connectivity index (χ4n) is 2.35. The molecule has 1 amide bonds. The molecule has 0 spiro atoms. The number of nitrogens with two attached hydrogens (primary N) is 1. The van der Waals surface area contributed by atoms with Crippen LogP contribution in [0.5, 0.6) is 0 Å². The van der Waals surface area contributed by atoms with Crippen LogP contribution in [0.2, 0.25) is 0 Å². The Morgan fingerprint density at radius 2 is 2.35 bits per heavy atom. The molecule has 1 fully saturated rings. The molecule has 4 nitrogen and oxygen atoms in total. The van der Waals surface area contributed by atoms with Crippen molar-refractivity contribution in [1.82, 2.24) is 9.88 Å². The maximum absolute atomic E-state index is 12.3. The molecule has 0 bridgehead atoms. The molecule has 17 heavy (non-hydrogen) atoms. The number of pyridine rings is 1. The first-order valence-corrected chi connectivity index (χ1v) is 6.13. The normalized spacial score (nSPS) is 19.6. The van der Waals surface area contributed by atoms with Crippen LogP contribution < -0.4 is 5.73 Å². The van der Waals surface area contributed by atoms with Gasteiger partial charge in [0.15, 0.2) is 0 Å². The standard InChI is InChI=1S/C13H19N3O/c1-3-10-4-5-16(8-10)13(17)11-6-9(2)15-12(14)7-11/h6-7,10H,3-5,8H2,1-2H3,(H2,14,15). The second-order valence-corrected chi connectivity index (χ2v) is 4.74. The van der Waals surface area contributed by atoms with Gasteiger partial charge in [-0.05, 0) is 31.4 Å². The number of aromatic nitrogens is 1. The van der Waals surface area contributed by atoms with Gasteiger partial charge in [0.05, 0.1) is 0 Å². The molecule has 0 saturated carbocycles. The molecule has 1 saturated heterocycles. The van der Waals surface area contributed by atoms with Gasteiger partial charge in [-0.2, -0.15) is 0 Å². The molecule has 92 valence electrons. The monoisotopic (exact) mass is 233 g/mol. The predicted octanol–water partition coefficient (Wildman–Crippen LogP) is 1.84. The lowest BCUT2D eigenvalue weighted by Gasteiger charge is -2.16. The number of rotatable bonds is 2. The third-order valence-electron chi connectivity index (χ3n) is 3.37. The molecule has 1 unspecified atom stereocenters. The number of hydrogen-bond donors (Lipinski definition) is 1. The van der Waals surface area contributed by atoms with Crippen molar-refractivity contribution in [3.63, 3.8) is 0 Å². The Kier molecular flexibility index (Phi) is 3.31. The van der Waals surface area contributed by atoms with Crippen LogP contribution in [0.25, 0.3) is 0 Å². The van der Waals surface area contributed by atoms with E-state index in [4.69, 9.17) is 5.73 Å². The number of nitrogens with zero attached hydrogens (tertiary/aromatic N) is 2. The second-order valence-electron chi connectivity index (χ2n) is 4.74. The van der Waals surface area contributed by atoms with Crippen LogP contribution in [0.4, 0.5) is 5.82 Å². The summed E-state index contributed by atoms with van der Waals surface area (Å²) in [5.74, 6) is 1.15. The van der Waals surface area contributed by atoms with Gasteiger partial charge in [0, 0.05) is 24.3 Å². The molecule has 1 aromatic rings. The van der Waals surface area contributed by atoms with Crippen LogP contribution in [-0.4, -0.2) is 28.9 Å². The lowest BCUT2D eigenvalue weighted by atomic mass is 10.1. The second kappa shape index (κ2) is 4.73. The summed E-state index contributed by atoms with van der Waals surface area (Å²) in [5.41, 5.74) is 7.12. The van der Waals surface area contributed by atoms with E-state index in [9.17, 15) is 4.79 Å². The quantitative estimate of drug-likeness (QED) is 0.848. The number of carbonyl (C=O) groups excluding carboxylic acids is 1. The SMILES string of the molecule is CCC1CCN(C(=O)c2cc(C)nc(N)c2)C1. The van der Waals surface area contributed by atoms with Crippen molar-refractivity contribution in [2.75, 3.05) is 18.8 Å². The van der Waals surface area contributed by atoms with Gasteiger partial charge in [-0.25, -0.2) is 4.98 Å². The lowest BCUT2D eigenvalue weighted by Crippen LogP contribution is -2.28. The van der Waals surface area contributed by atoms with E-state index in [1.165, 1.54) is 0 Å². The molecule has 2 N–H and O–H groups in total. The largest absolute Gasteiger partial charge is 0.384 e. The molecule has 2 rings (SSSR count). The van der Waals surface area contributed by atoms with E-state index in [-0.39, 0.29) is 5.91 Å². The summed E-state index contributed by atoms with van der Waals surface area (Å²) in [6, 6.07) is 3.46. The van der Waals surface area contributed by atoms with Crippen LogP contribution in [0.3, 0.4) is 0 Å². The van der Waals surface area contributed by atoms with E-state index in [1.807, 2.05) is 11.8 Å². The van der Waals surface area contributed by atoms with Gasteiger partial charge in [-0.1, -0.05) is 13.3 Å². The highest BCUT2D eigenvalue weighted by Gasteiger charge is 2.25. The van der Waals surface area contributed by atoms with Crippen molar-refractivity contribution in [1.29, 1.82) is 0 Å². The molecular formula is C13H19N3O. The highest BCUT2D eigenvalue weighted by molar-refractivity contribution is 5.95. The van der Waals surface area contributed by atoms with Gasteiger partial charge in [-0.3, -0.25) is 4.79 Å². The van der Waals surface area contributed by atoms with E-state index in [1.54, 1.807) is 12.1 Å². The Morgan fingerprint density at radius 1 is 1.59 bits per heavy atom. The summed E-state index contributed by atoms with van der Waals surface area (Å²) in [7, 11) is 0. The smallest absolute Gasteiger partial charge is 0.254 e. The molecule has 1 aliphatic rings. The number of hydrogen-bond acceptors (Lipinski definition) is 3. The van der Waals surface area contributed by atoms with Crippen LogP contribution in [-0.2, 0) is 0 Å². The molecule has 0 aromatic carbocycles. The summed E-state index contributed by atoms with van der Waals surface area (Å²) >= 11 is 0. The molecule has 1 aliphatic heterocycles. The first-order valence-electron chi connectivity index (χ1n) is 6.13. The first-order chi connectivity index (χ1) is 8.10. The Bertz CT molecular complexity index is 410. The highest BCUT2D eigenvalue weighted by atomic mass is 16.2. The Morgan fingerprint density at radius 3 is 2.94 bits per heavy atom. The zero-order valence-electron chi connectivity index (χ0n) is 10.4. The van der Waals surface area contributed by atoms with Gasteiger partial charge in [0.25, 0.3) is 5.91 Å². The Labute approximate surface area is 102 Å². The van der Waals surface area contributed by atoms with Crippen molar-refractivity contribution in [3.8, 4) is 0 Å². The van der Waals surface area contributed by atoms with E-state index < -0.39 is 0 Å². The third-order valence-corrected chi connectivity index (χ3v) is 3.37. The maximum atomic E-state index is 12.3. The highest BCUT2D eigenvalue weighted by Crippen LogP contribution is 2.21. The van der Waals surface area contributed by atoms with Crippen LogP contribution in [0.1, 0.15) is 35.8 Å². The van der Waals surface area contributed by atoms with Crippen LogP contribution in [0, 0.1) is 12.8 Å². The third kappa shape index (κ3) is 2.57. The number of amides is 1. The molecule has 1 atom stereocenters. The maximum Gasteiger partial charge on any atom is 0.254 e. The number of aryl methyl sites for hydroxylation is 1. The fourth-order valence-corrected chi connectivity index (χ4v) is 2.35. The summed E-state index contributed by atoms with van der Waals surface area (Å²) in [5, 5.41) is 0. The molecule has 0 radical (unpaired) electrons. The van der Waals surface area contributed by atoms with Crippen molar-refractivity contribution >= 4 is 11.7 Å². The fraction of sp³-hybridized carbons (Fsp3) is 0.538. The van der Waals surface area contributed by atoms with Crippen molar-refractivity contribution < 1.29 is 4.79 Å². The summed E-state index contributed by atoms with van der Waals surface area (Å²) in [6.45, 7) is 5.76. The molecule has 4 heteroatoms. The number of carbonyl (C=O) groups is 1. The van der Waals surface area contributed by atoms with Gasteiger partial charge in [0.2, 0.25) is 0 Å². The van der Waals surface area contributed by atoms with E-state index in [0.29, 0.717) is 17.3 Å². The average molecular weight is 233 g/mol. The minimum atomic E-state index is 0.0816. The van der Waals surface area contributed by atoms with Gasteiger partial charge in [-0.15, -0.1) is 0 Å². The van der Waals surface area contributed by atoms with Crippen molar-refractivity contribution in [3.05, 3.63) is 23.4 Å². The van der Waals surface area contributed by atoms with Gasteiger partial charge in [0.1, 0.15) is 5.82 Å². The van der Waals surface area contributed by atoms with Crippen LogP contribution >= 0.6 is 0 Å². The Balaban J connectivity index is 2.14. The number of nitrogen functional groups attached to an aromatic ring is 1. The summed E-state index contributed by atoms with van der Waals surface area (Å²) < 4.78 is 0. The van der Waals surface area contributed by atoms with E-state index in [0.717, 1.165) is 31.6 Å². The minimum Gasteiger partial charge on any atom is -0.384 e. The summed E-state index contributed by atoms with van der Waals surface area (Å²) in [6.07, 6.45) is 2.25. The topological polar surface area (TPSA) is 59.2 Å². The zero-order valence-corrected chi connectivity index (χ0v) is 10.4. The molecule has 1 aromatic heterocycles. The predicted molar refractivity (Wildman–Crippen MR) is 67.7 cm³/mol. The summed E-state index contributed by atoms with van der Waals surface area (Å²) in [4.78, 5) is 18.3. The number of anilines is 1. The van der Waals surface area contributed by atoms with E-state index in [2.05, 4.69) is 11.9 Å². The van der Waals surface area contributed by atoms with E-state index >= 15 is 0 Å². The minimum absolute atomic E-state index is 0.0816.